The van der Waals surface area contributed by atoms with Gasteiger partial charge in [0.1, 0.15) is 0 Å². The number of rotatable bonds is 2. The summed E-state index contributed by atoms with van der Waals surface area (Å²) in [5.74, 6) is -2.26. The molecule has 112 valence electrons. The first-order chi connectivity index (χ1) is 9.21. The summed E-state index contributed by atoms with van der Waals surface area (Å²) < 4.78 is 52.8. The Morgan fingerprint density at radius 2 is 1.70 bits per heavy atom. The maximum atomic E-state index is 13.3. The molecule has 2 atom stereocenters. The van der Waals surface area contributed by atoms with E-state index in [4.69, 9.17) is 0 Å². The van der Waals surface area contributed by atoms with Gasteiger partial charge in [-0.05, 0) is 41.9 Å². The van der Waals surface area contributed by atoms with E-state index in [1.807, 2.05) is 13.8 Å². The molecule has 0 amide bonds. The molecule has 2 unspecified atom stereocenters. The Morgan fingerprint density at radius 1 is 1.20 bits per heavy atom. The van der Waals surface area contributed by atoms with Crippen LogP contribution in [0.15, 0.2) is 21.5 Å². The van der Waals surface area contributed by atoms with Crippen molar-refractivity contribution in [3.63, 3.8) is 0 Å². The Kier molecular flexibility index (Phi) is 4.48. The molecule has 0 aromatic heterocycles. The van der Waals surface area contributed by atoms with E-state index in [-0.39, 0.29) is 34.5 Å². The van der Waals surface area contributed by atoms with Crippen molar-refractivity contribution in [1.29, 1.82) is 0 Å². The van der Waals surface area contributed by atoms with Crippen LogP contribution >= 0.6 is 15.9 Å². The van der Waals surface area contributed by atoms with Gasteiger partial charge in [-0.3, -0.25) is 0 Å². The van der Waals surface area contributed by atoms with Crippen molar-refractivity contribution in [2.45, 2.75) is 30.8 Å². The molecule has 1 aromatic rings. The fraction of sp³-hybridized carbons (Fsp3) is 0.500. The summed E-state index contributed by atoms with van der Waals surface area (Å²) in [5.41, 5.74) is 0. The zero-order valence-corrected chi connectivity index (χ0v) is 13.4. The van der Waals surface area contributed by atoms with Crippen LogP contribution in [0.4, 0.5) is 8.78 Å². The number of nitrogens with one attached hydrogen (secondary N) is 1. The second-order valence-corrected chi connectivity index (χ2v) is 7.75. The quantitative estimate of drug-likeness (QED) is 0.813. The molecular weight excluding hydrogens is 354 g/mol. The van der Waals surface area contributed by atoms with Crippen LogP contribution in [0.1, 0.15) is 13.8 Å². The maximum absolute atomic E-state index is 13.3. The minimum absolute atomic E-state index is 0.00223. The van der Waals surface area contributed by atoms with Crippen LogP contribution in [0, 0.1) is 11.6 Å². The van der Waals surface area contributed by atoms with E-state index in [2.05, 4.69) is 21.2 Å². The number of hydrogen-bond acceptors (Lipinski definition) is 3. The van der Waals surface area contributed by atoms with Crippen LogP contribution in [0.3, 0.4) is 0 Å². The van der Waals surface area contributed by atoms with Gasteiger partial charge < -0.3 is 5.32 Å². The minimum atomic E-state index is -3.86. The lowest BCUT2D eigenvalue weighted by atomic mass is 10.2. The van der Waals surface area contributed by atoms with E-state index in [1.54, 1.807) is 0 Å². The molecule has 0 radical (unpaired) electrons. The SMILES string of the molecule is CC1CN(S(=O)(=O)c2cc(F)c(F)cc2Br)CC(C)N1. The molecule has 8 heteroatoms. The highest BCUT2D eigenvalue weighted by molar-refractivity contribution is 9.10. The van der Waals surface area contributed by atoms with Gasteiger partial charge in [-0.1, -0.05) is 0 Å². The van der Waals surface area contributed by atoms with E-state index >= 15 is 0 Å². The molecule has 1 aliphatic rings. The number of benzene rings is 1. The summed E-state index contributed by atoms with van der Waals surface area (Å²) >= 11 is 2.99. The van der Waals surface area contributed by atoms with Crippen molar-refractivity contribution in [3.05, 3.63) is 28.2 Å². The van der Waals surface area contributed by atoms with E-state index in [0.717, 1.165) is 6.07 Å². The van der Waals surface area contributed by atoms with Crippen LogP contribution in [0.25, 0.3) is 0 Å². The van der Waals surface area contributed by atoms with Crippen molar-refractivity contribution < 1.29 is 17.2 Å². The Labute approximate surface area is 125 Å². The first kappa shape index (κ1) is 15.8. The van der Waals surface area contributed by atoms with Gasteiger partial charge in [0.2, 0.25) is 10.0 Å². The van der Waals surface area contributed by atoms with Crippen LogP contribution in [-0.4, -0.2) is 37.9 Å². The molecule has 0 bridgehead atoms. The van der Waals surface area contributed by atoms with E-state index in [1.165, 1.54) is 4.31 Å². The molecule has 1 heterocycles. The molecule has 2 rings (SSSR count). The zero-order valence-electron chi connectivity index (χ0n) is 11.0. The highest BCUT2D eigenvalue weighted by Crippen LogP contribution is 2.28. The second-order valence-electron chi connectivity index (χ2n) is 4.99. The molecular formula is C12H15BrF2N2O2S. The smallest absolute Gasteiger partial charge is 0.244 e. The summed E-state index contributed by atoms with van der Waals surface area (Å²) in [4.78, 5) is -0.252. The predicted octanol–water partition coefficient (Wildman–Crippen LogP) is 2.10. The summed E-state index contributed by atoms with van der Waals surface area (Å²) in [5, 5.41) is 3.22. The lowest BCUT2D eigenvalue weighted by molar-refractivity contribution is 0.262. The minimum Gasteiger partial charge on any atom is -0.309 e. The van der Waals surface area contributed by atoms with Crippen molar-refractivity contribution in [3.8, 4) is 0 Å². The van der Waals surface area contributed by atoms with Crippen LogP contribution in [0.5, 0.6) is 0 Å². The third-order valence-corrected chi connectivity index (χ3v) is 5.91. The van der Waals surface area contributed by atoms with Gasteiger partial charge in [-0.15, -0.1) is 0 Å². The number of halogens is 3. The number of sulfonamides is 1. The monoisotopic (exact) mass is 368 g/mol. The Morgan fingerprint density at radius 3 is 2.25 bits per heavy atom. The number of nitrogens with zero attached hydrogens (tertiary/aromatic N) is 1. The Balaban J connectivity index is 2.42. The first-order valence-electron chi connectivity index (χ1n) is 6.12. The van der Waals surface area contributed by atoms with Gasteiger partial charge in [-0.25, -0.2) is 17.2 Å². The van der Waals surface area contributed by atoms with Crippen LogP contribution in [-0.2, 0) is 10.0 Å². The summed E-state index contributed by atoms with van der Waals surface area (Å²) in [6.45, 7) is 4.33. The van der Waals surface area contributed by atoms with Crippen molar-refractivity contribution >= 4 is 26.0 Å². The maximum Gasteiger partial charge on any atom is 0.244 e. The van der Waals surface area contributed by atoms with E-state index in [9.17, 15) is 17.2 Å². The summed E-state index contributed by atoms with van der Waals surface area (Å²) in [7, 11) is -3.86. The molecule has 1 aliphatic heterocycles. The van der Waals surface area contributed by atoms with Crippen molar-refractivity contribution in [2.75, 3.05) is 13.1 Å². The Hall–Kier alpha value is -0.570. The molecule has 0 aliphatic carbocycles. The average molecular weight is 369 g/mol. The Bertz CT molecular complexity index is 614. The average Bonchev–Trinajstić information content (AvgIpc) is 2.32. The van der Waals surface area contributed by atoms with Gasteiger partial charge >= 0.3 is 0 Å². The normalized spacial score (nSPS) is 24.9. The van der Waals surface area contributed by atoms with Crippen LogP contribution in [0.2, 0.25) is 0 Å². The second kappa shape index (κ2) is 5.67. The standard InChI is InChI=1S/C12H15BrF2N2O2S/c1-7-5-17(6-8(2)16-7)20(18,19)12-4-11(15)10(14)3-9(12)13/h3-4,7-8,16H,5-6H2,1-2H3. The van der Waals surface area contributed by atoms with Gasteiger partial charge in [0.05, 0.1) is 4.90 Å². The molecule has 0 spiro atoms. The summed E-state index contributed by atoms with van der Waals surface area (Å²) in [6.07, 6.45) is 0. The molecule has 1 saturated heterocycles. The van der Waals surface area contributed by atoms with Gasteiger partial charge in [0.15, 0.2) is 11.6 Å². The van der Waals surface area contributed by atoms with E-state index < -0.39 is 21.7 Å². The largest absolute Gasteiger partial charge is 0.309 e. The van der Waals surface area contributed by atoms with E-state index in [0.29, 0.717) is 6.07 Å². The topological polar surface area (TPSA) is 49.4 Å². The fourth-order valence-electron chi connectivity index (χ4n) is 2.31. The third-order valence-electron chi connectivity index (χ3n) is 3.12. The highest BCUT2D eigenvalue weighted by atomic mass is 79.9. The van der Waals surface area contributed by atoms with Gasteiger partial charge in [-0.2, -0.15) is 4.31 Å². The molecule has 1 aromatic carbocycles. The van der Waals surface area contributed by atoms with Gasteiger partial charge in [0.25, 0.3) is 0 Å². The lowest BCUT2D eigenvalue weighted by Gasteiger charge is -2.35. The number of piperazine rings is 1. The predicted molar refractivity (Wildman–Crippen MR) is 74.9 cm³/mol. The molecule has 0 saturated carbocycles. The van der Waals surface area contributed by atoms with Crippen molar-refractivity contribution in [2.24, 2.45) is 0 Å². The molecule has 4 nitrogen and oxygen atoms in total. The lowest BCUT2D eigenvalue weighted by Crippen LogP contribution is -2.55. The third kappa shape index (κ3) is 3.03. The van der Waals surface area contributed by atoms with Crippen LogP contribution < -0.4 is 5.32 Å². The molecule has 1 N–H and O–H groups in total. The molecule has 20 heavy (non-hydrogen) atoms. The molecule has 1 fully saturated rings. The fourth-order valence-corrected chi connectivity index (χ4v) is 4.92. The first-order valence-corrected chi connectivity index (χ1v) is 8.36. The summed E-state index contributed by atoms with van der Waals surface area (Å²) in [6, 6.07) is 1.54. The zero-order chi connectivity index (χ0) is 15.1. The van der Waals surface area contributed by atoms with Crippen molar-refractivity contribution in [1.82, 2.24) is 9.62 Å². The highest BCUT2D eigenvalue weighted by Gasteiger charge is 2.33. The number of hydrogen-bond donors (Lipinski definition) is 1. The van der Waals surface area contributed by atoms with Gasteiger partial charge in [0, 0.05) is 29.6 Å².